The van der Waals surface area contributed by atoms with E-state index in [0.29, 0.717) is 24.5 Å². The third kappa shape index (κ3) is 3.39. The molecule has 1 aliphatic rings. The summed E-state index contributed by atoms with van der Waals surface area (Å²) in [4.78, 5) is 28.4. The summed E-state index contributed by atoms with van der Waals surface area (Å²) in [5, 5.41) is 35.7. The second-order valence-corrected chi connectivity index (χ2v) is 6.80. The number of likely N-dealkylation sites (N-methyl/N-ethyl adjacent to an activating group) is 1. The summed E-state index contributed by atoms with van der Waals surface area (Å²) in [6.07, 6.45) is 0. The quantitative estimate of drug-likeness (QED) is 0.385. The minimum atomic E-state index is -0.560. The van der Waals surface area contributed by atoms with Crippen LogP contribution in [0.5, 0.6) is 11.5 Å². The summed E-state index contributed by atoms with van der Waals surface area (Å²) < 4.78 is 0. The Morgan fingerprint density at radius 3 is 1.68 bits per heavy atom. The number of nitrogens with zero attached hydrogens (tertiary/aromatic N) is 1. The van der Waals surface area contributed by atoms with Crippen molar-refractivity contribution in [2.75, 3.05) is 51.0 Å². The number of carbonyl (C=O) groups excluding carboxylic acids is 2. The van der Waals surface area contributed by atoms with E-state index >= 15 is 0 Å². The van der Waals surface area contributed by atoms with Crippen LogP contribution in [0, 0.1) is 0 Å². The highest BCUT2D eigenvalue weighted by Crippen LogP contribution is 2.42. The Labute approximate surface area is 162 Å². The van der Waals surface area contributed by atoms with Crippen LogP contribution in [-0.4, -0.2) is 72.1 Å². The molecule has 8 nitrogen and oxygen atoms in total. The molecule has 0 spiro atoms. The second-order valence-electron chi connectivity index (χ2n) is 6.80. The molecule has 0 amide bonds. The maximum atomic E-state index is 13.2. The summed E-state index contributed by atoms with van der Waals surface area (Å²) in [5.74, 6) is -1.71. The van der Waals surface area contributed by atoms with Crippen LogP contribution >= 0.6 is 0 Å². The number of fused-ring (bicyclic) bond motifs is 2. The van der Waals surface area contributed by atoms with Crippen molar-refractivity contribution in [3.63, 3.8) is 0 Å². The fourth-order valence-corrected chi connectivity index (χ4v) is 3.26. The topological polar surface area (TPSA) is 122 Å². The van der Waals surface area contributed by atoms with Gasteiger partial charge in [0.25, 0.3) is 0 Å². The zero-order valence-corrected chi connectivity index (χ0v) is 15.7. The minimum Gasteiger partial charge on any atom is -0.507 e. The van der Waals surface area contributed by atoms with Crippen molar-refractivity contribution in [3.8, 4) is 11.5 Å². The molecule has 5 N–H and O–H groups in total. The zero-order chi connectivity index (χ0) is 20.4. The Balaban J connectivity index is 2.13. The highest BCUT2D eigenvalue weighted by atomic mass is 16.3. The van der Waals surface area contributed by atoms with E-state index in [4.69, 9.17) is 5.11 Å². The maximum Gasteiger partial charge on any atom is 0.200 e. The molecule has 0 unspecified atom stereocenters. The lowest BCUT2D eigenvalue weighted by Crippen LogP contribution is -2.26. The lowest BCUT2D eigenvalue weighted by molar-refractivity contribution is 0.0975. The van der Waals surface area contributed by atoms with Crippen LogP contribution < -0.4 is 10.6 Å². The number of aliphatic hydroxyl groups excluding tert-OH is 1. The lowest BCUT2D eigenvalue weighted by Gasteiger charge is -2.24. The molecule has 1 aliphatic carbocycles. The maximum absolute atomic E-state index is 13.2. The van der Waals surface area contributed by atoms with E-state index in [1.165, 1.54) is 18.2 Å². The number of benzene rings is 2. The molecule has 8 heteroatoms. The molecule has 0 aromatic heterocycles. The smallest absolute Gasteiger partial charge is 0.200 e. The summed E-state index contributed by atoms with van der Waals surface area (Å²) >= 11 is 0. The minimum absolute atomic E-state index is 0.00769. The number of aromatic hydroxyl groups is 2. The van der Waals surface area contributed by atoms with Crippen molar-refractivity contribution >= 4 is 22.9 Å². The van der Waals surface area contributed by atoms with E-state index in [0.717, 1.165) is 0 Å². The number of hydrogen-bond donors (Lipinski definition) is 5. The molecule has 0 saturated heterocycles. The van der Waals surface area contributed by atoms with Crippen molar-refractivity contribution in [2.24, 2.45) is 0 Å². The number of phenolic OH excluding ortho intramolecular Hbond substituents is 2. The van der Waals surface area contributed by atoms with E-state index in [1.807, 2.05) is 19.0 Å². The molecule has 0 atom stereocenters. The number of phenols is 2. The highest BCUT2D eigenvalue weighted by Gasteiger charge is 2.37. The van der Waals surface area contributed by atoms with Gasteiger partial charge < -0.3 is 30.9 Å². The molecule has 3 rings (SSSR count). The average molecular weight is 385 g/mol. The first-order valence-corrected chi connectivity index (χ1v) is 8.91. The Morgan fingerprint density at radius 1 is 0.786 bits per heavy atom. The van der Waals surface area contributed by atoms with Gasteiger partial charge in [0, 0.05) is 31.0 Å². The van der Waals surface area contributed by atoms with Gasteiger partial charge in [-0.15, -0.1) is 0 Å². The van der Waals surface area contributed by atoms with Gasteiger partial charge in [-0.3, -0.25) is 9.59 Å². The number of nitrogens with one attached hydrogen (secondary N) is 2. The standard InChI is InChI=1S/C20H23N3O5/c1-23(2)9-7-21-11-3-5-13(25)17-15(11)19(27)18-14(26)6-4-12(22-8-10-24)16(18)20(17)28/h3-6,21-22,24-26H,7-10H2,1-2H3. The summed E-state index contributed by atoms with van der Waals surface area (Å²) in [5.41, 5.74) is 0.576. The van der Waals surface area contributed by atoms with Crippen LogP contribution in [0.3, 0.4) is 0 Å². The third-order valence-corrected chi connectivity index (χ3v) is 4.58. The third-order valence-electron chi connectivity index (χ3n) is 4.58. The Bertz CT molecular complexity index is 940. The zero-order valence-electron chi connectivity index (χ0n) is 15.7. The van der Waals surface area contributed by atoms with Crippen molar-refractivity contribution in [1.29, 1.82) is 0 Å². The Morgan fingerprint density at radius 2 is 1.25 bits per heavy atom. The van der Waals surface area contributed by atoms with Crippen LogP contribution in [0.4, 0.5) is 11.4 Å². The van der Waals surface area contributed by atoms with Crippen molar-refractivity contribution in [2.45, 2.75) is 0 Å². The van der Waals surface area contributed by atoms with Crippen LogP contribution in [-0.2, 0) is 0 Å². The molecule has 148 valence electrons. The van der Waals surface area contributed by atoms with E-state index in [-0.39, 0.29) is 46.9 Å². The molecular formula is C20H23N3O5. The van der Waals surface area contributed by atoms with E-state index in [1.54, 1.807) is 6.07 Å². The van der Waals surface area contributed by atoms with Gasteiger partial charge in [-0.1, -0.05) is 0 Å². The first-order chi connectivity index (χ1) is 13.4. The molecular weight excluding hydrogens is 362 g/mol. The monoisotopic (exact) mass is 385 g/mol. The van der Waals surface area contributed by atoms with Gasteiger partial charge in [0.15, 0.2) is 0 Å². The Kier molecular flexibility index (Phi) is 5.53. The molecule has 0 radical (unpaired) electrons. The fourth-order valence-electron chi connectivity index (χ4n) is 3.26. The van der Waals surface area contributed by atoms with Crippen LogP contribution in [0.25, 0.3) is 0 Å². The van der Waals surface area contributed by atoms with Gasteiger partial charge in [0.2, 0.25) is 11.6 Å². The van der Waals surface area contributed by atoms with Gasteiger partial charge in [-0.2, -0.15) is 0 Å². The molecule has 28 heavy (non-hydrogen) atoms. The van der Waals surface area contributed by atoms with Gasteiger partial charge >= 0.3 is 0 Å². The van der Waals surface area contributed by atoms with Crippen LogP contribution in [0.15, 0.2) is 24.3 Å². The van der Waals surface area contributed by atoms with Crippen LogP contribution in [0.2, 0.25) is 0 Å². The lowest BCUT2D eigenvalue weighted by atomic mass is 9.81. The van der Waals surface area contributed by atoms with Crippen molar-refractivity contribution in [3.05, 3.63) is 46.5 Å². The van der Waals surface area contributed by atoms with E-state index in [2.05, 4.69) is 10.6 Å². The van der Waals surface area contributed by atoms with Gasteiger partial charge in [0.05, 0.1) is 28.9 Å². The van der Waals surface area contributed by atoms with E-state index in [9.17, 15) is 19.8 Å². The summed E-state index contributed by atoms with van der Waals surface area (Å²) in [6.45, 7) is 1.24. The molecule has 2 aromatic carbocycles. The molecule has 0 aliphatic heterocycles. The Hall–Kier alpha value is -3.10. The number of carbonyl (C=O) groups is 2. The number of hydrogen-bond acceptors (Lipinski definition) is 8. The normalized spacial score (nSPS) is 12.7. The molecule has 2 aromatic rings. The largest absolute Gasteiger partial charge is 0.507 e. The van der Waals surface area contributed by atoms with Gasteiger partial charge in [-0.05, 0) is 38.4 Å². The fraction of sp³-hybridized carbons (Fsp3) is 0.300. The summed E-state index contributed by atoms with van der Waals surface area (Å²) in [6, 6.07) is 5.72. The van der Waals surface area contributed by atoms with E-state index < -0.39 is 11.6 Å². The predicted octanol–water partition coefficient (Wildman–Crippen LogP) is 1.25. The number of aliphatic hydroxyl groups is 1. The summed E-state index contributed by atoms with van der Waals surface area (Å²) in [7, 11) is 3.83. The molecule has 0 bridgehead atoms. The number of ketones is 2. The second kappa shape index (κ2) is 7.87. The molecule has 0 heterocycles. The molecule has 0 fully saturated rings. The van der Waals surface area contributed by atoms with Crippen LogP contribution in [0.1, 0.15) is 31.8 Å². The van der Waals surface area contributed by atoms with Gasteiger partial charge in [-0.25, -0.2) is 0 Å². The average Bonchev–Trinajstić information content (AvgIpc) is 2.65. The SMILES string of the molecule is CN(C)CCNc1ccc(O)c2c1C(=O)c1c(O)ccc(NCCO)c1C2=O. The van der Waals surface area contributed by atoms with Crippen molar-refractivity contribution in [1.82, 2.24) is 4.90 Å². The first-order valence-electron chi connectivity index (χ1n) is 8.91. The molecule has 0 saturated carbocycles. The highest BCUT2D eigenvalue weighted by molar-refractivity contribution is 6.33. The van der Waals surface area contributed by atoms with Crippen molar-refractivity contribution < 1.29 is 24.9 Å². The first kappa shape index (κ1) is 19.7. The van der Waals surface area contributed by atoms with Gasteiger partial charge in [0.1, 0.15) is 11.5 Å². The number of rotatable bonds is 7. The number of anilines is 2. The predicted molar refractivity (Wildman–Crippen MR) is 106 cm³/mol.